The van der Waals surface area contributed by atoms with E-state index in [4.69, 9.17) is 0 Å². The molecule has 1 aliphatic rings. The Morgan fingerprint density at radius 2 is 2.11 bits per heavy atom. The molecule has 4 heteroatoms. The lowest BCUT2D eigenvalue weighted by Gasteiger charge is -2.26. The van der Waals surface area contributed by atoms with Crippen molar-refractivity contribution in [2.24, 2.45) is 5.92 Å². The molecule has 19 heavy (non-hydrogen) atoms. The predicted molar refractivity (Wildman–Crippen MR) is 74.8 cm³/mol. The van der Waals surface area contributed by atoms with Gasteiger partial charge in [0.2, 0.25) is 0 Å². The van der Waals surface area contributed by atoms with Gasteiger partial charge in [0.25, 0.3) is 5.91 Å². The van der Waals surface area contributed by atoms with E-state index in [-0.39, 0.29) is 17.1 Å². The number of carbonyl (C=O) groups is 1. The lowest BCUT2D eigenvalue weighted by Crippen LogP contribution is -2.45. The zero-order valence-electron chi connectivity index (χ0n) is 11.7. The van der Waals surface area contributed by atoms with Crippen molar-refractivity contribution in [2.45, 2.75) is 39.2 Å². The van der Waals surface area contributed by atoms with Crippen molar-refractivity contribution in [1.29, 1.82) is 0 Å². The Hall–Kier alpha value is -1.58. The molecule has 3 nitrogen and oxygen atoms in total. The first-order valence-corrected chi connectivity index (χ1v) is 6.80. The van der Waals surface area contributed by atoms with E-state index in [1.807, 2.05) is 20.8 Å². The van der Waals surface area contributed by atoms with Crippen LogP contribution >= 0.6 is 0 Å². The van der Waals surface area contributed by atoms with E-state index in [0.29, 0.717) is 18.0 Å². The van der Waals surface area contributed by atoms with Gasteiger partial charge in [-0.3, -0.25) is 4.79 Å². The van der Waals surface area contributed by atoms with E-state index in [1.54, 1.807) is 12.1 Å². The number of nitrogens with one attached hydrogen (secondary N) is 2. The maximum absolute atomic E-state index is 13.8. The van der Waals surface area contributed by atoms with Crippen molar-refractivity contribution in [1.82, 2.24) is 5.32 Å². The molecule has 1 amide bonds. The summed E-state index contributed by atoms with van der Waals surface area (Å²) in [5.74, 6) is -0.0707. The molecular weight excluding hydrogens is 243 g/mol. The summed E-state index contributed by atoms with van der Waals surface area (Å²) in [5, 5.41) is 5.94. The van der Waals surface area contributed by atoms with Crippen molar-refractivity contribution in [3.05, 3.63) is 29.6 Å². The Morgan fingerprint density at radius 3 is 2.68 bits per heavy atom. The van der Waals surface area contributed by atoms with Gasteiger partial charge in [0, 0.05) is 12.1 Å². The van der Waals surface area contributed by atoms with Gasteiger partial charge in [-0.2, -0.15) is 0 Å². The molecule has 0 unspecified atom stereocenters. The Balaban J connectivity index is 2.21. The number of para-hydroxylation sites is 1. The lowest BCUT2D eigenvalue weighted by atomic mass is 9.98. The summed E-state index contributed by atoms with van der Waals surface area (Å²) in [7, 11) is 0. The highest BCUT2D eigenvalue weighted by atomic mass is 19.1. The molecule has 1 saturated carbocycles. The van der Waals surface area contributed by atoms with Gasteiger partial charge in [0.1, 0.15) is 5.82 Å². The summed E-state index contributed by atoms with van der Waals surface area (Å²) in [6.45, 7) is 6.50. The quantitative estimate of drug-likeness (QED) is 0.857. The topological polar surface area (TPSA) is 41.1 Å². The molecule has 1 aliphatic carbocycles. The molecule has 1 fully saturated rings. The fraction of sp³-hybridized carbons (Fsp3) is 0.533. The molecule has 0 saturated heterocycles. The molecule has 0 aromatic heterocycles. The number of anilines is 1. The summed E-state index contributed by atoms with van der Waals surface area (Å²) in [6, 6.07) is 4.58. The highest BCUT2D eigenvalue weighted by Gasteiger charge is 2.39. The Kier molecular flexibility index (Phi) is 3.78. The Bertz CT molecular complexity index is 481. The van der Waals surface area contributed by atoms with Gasteiger partial charge in [-0.05, 0) is 51.7 Å². The highest BCUT2D eigenvalue weighted by molar-refractivity contribution is 6.00. The smallest absolute Gasteiger partial charge is 0.253 e. The van der Waals surface area contributed by atoms with Gasteiger partial charge in [-0.15, -0.1) is 0 Å². The lowest BCUT2D eigenvalue weighted by molar-refractivity contribution is 0.0904. The molecule has 0 spiro atoms. The Morgan fingerprint density at radius 1 is 1.42 bits per heavy atom. The van der Waals surface area contributed by atoms with Crippen LogP contribution in [0.25, 0.3) is 0 Å². The summed E-state index contributed by atoms with van der Waals surface area (Å²) >= 11 is 0. The molecule has 0 heterocycles. The first-order chi connectivity index (χ1) is 8.95. The van der Waals surface area contributed by atoms with E-state index in [1.165, 1.54) is 6.07 Å². The molecule has 0 aliphatic heterocycles. The summed E-state index contributed by atoms with van der Waals surface area (Å²) < 4.78 is 13.8. The van der Waals surface area contributed by atoms with E-state index in [2.05, 4.69) is 10.6 Å². The van der Waals surface area contributed by atoms with Crippen molar-refractivity contribution in [2.75, 3.05) is 11.9 Å². The third kappa shape index (κ3) is 3.06. The maximum atomic E-state index is 13.8. The van der Waals surface area contributed by atoms with Crippen LogP contribution in [0.1, 0.15) is 44.0 Å². The number of hydrogen-bond donors (Lipinski definition) is 2. The van der Waals surface area contributed by atoms with Gasteiger partial charge < -0.3 is 10.6 Å². The molecule has 1 aromatic carbocycles. The number of carbonyl (C=O) groups excluding carboxylic acids is 1. The minimum Gasteiger partial charge on any atom is -0.382 e. The van der Waals surface area contributed by atoms with Crippen molar-refractivity contribution in [3.8, 4) is 0 Å². The third-order valence-electron chi connectivity index (χ3n) is 3.65. The van der Waals surface area contributed by atoms with Crippen LogP contribution in [0, 0.1) is 11.7 Å². The molecular formula is C15H21FN2O. The van der Waals surface area contributed by atoms with E-state index < -0.39 is 5.82 Å². The third-order valence-corrected chi connectivity index (χ3v) is 3.65. The van der Waals surface area contributed by atoms with Crippen LogP contribution in [-0.4, -0.2) is 18.0 Å². The summed E-state index contributed by atoms with van der Waals surface area (Å²) in [5.41, 5.74) is 0.428. The number of hydrogen-bond acceptors (Lipinski definition) is 2. The molecule has 104 valence electrons. The highest BCUT2D eigenvalue weighted by Crippen LogP contribution is 2.39. The minimum absolute atomic E-state index is 0.215. The average molecular weight is 264 g/mol. The first kappa shape index (κ1) is 13.8. The fourth-order valence-electron chi connectivity index (χ4n) is 2.34. The first-order valence-electron chi connectivity index (χ1n) is 6.80. The van der Waals surface area contributed by atoms with Crippen molar-refractivity contribution < 1.29 is 9.18 Å². The number of benzene rings is 1. The minimum atomic E-state index is -0.390. The van der Waals surface area contributed by atoms with Crippen LogP contribution < -0.4 is 10.6 Å². The van der Waals surface area contributed by atoms with Crippen LogP contribution in [0.5, 0.6) is 0 Å². The van der Waals surface area contributed by atoms with Crippen LogP contribution in [0.4, 0.5) is 10.1 Å². The zero-order chi connectivity index (χ0) is 14.0. The maximum Gasteiger partial charge on any atom is 0.253 e. The number of amides is 1. The number of rotatable bonds is 5. The Labute approximate surface area is 113 Å². The van der Waals surface area contributed by atoms with Crippen molar-refractivity contribution >= 4 is 11.6 Å². The molecule has 0 atom stereocenters. The van der Waals surface area contributed by atoms with Gasteiger partial charge >= 0.3 is 0 Å². The zero-order valence-corrected chi connectivity index (χ0v) is 11.7. The van der Waals surface area contributed by atoms with Crippen molar-refractivity contribution in [3.63, 3.8) is 0 Å². The molecule has 0 radical (unpaired) electrons. The summed E-state index contributed by atoms with van der Waals surface area (Å²) in [4.78, 5) is 12.3. The fourth-order valence-corrected chi connectivity index (χ4v) is 2.34. The second-order valence-electron chi connectivity index (χ2n) is 5.64. The molecule has 2 rings (SSSR count). The largest absolute Gasteiger partial charge is 0.382 e. The monoisotopic (exact) mass is 264 g/mol. The number of halogens is 1. The van der Waals surface area contributed by atoms with E-state index in [0.717, 1.165) is 12.8 Å². The second kappa shape index (κ2) is 5.19. The van der Waals surface area contributed by atoms with Crippen LogP contribution in [0.3, 0.4) is 0 Å². The standard InChI is InChI=1S/C15H21FN2O/c1-4-17-13-11(6-5-7-12(13)16)14(19)18-15(2,3)10-8-9-10/h5-7,10,17H,4,8-9H2,1-3H3,(H,18,19). The normalized spacial score (nSPS) is 15.2. The van der Waals surface area contributed by atoms with Gasteiger partial charge in [0.15, 0.2) is 0 Å². The second-order valence-corrected chi connectivity index (χ2v) is 5.64. The van der Waals surface area contributed by atoms with E-state index >= 15 is 0 Å². The van der Waals surface area contributed by atoms with Gasteiger partial charge in [-0.1, -0.05) is 6.07 Å². The summed E-state index contributed by atoms with van der Waals surface area (Å²) in [6.07, 6.45) is 2.30. The van der Waals surface area contributed by atoms with Crippen LogP contribution in [0.15, 0.2) is 18.2 Å². The molecule has 2 N–H and O–H groups in total. The SMILES string of the molecule is CCNc1c(F)cccc1C(=O)NC(C)(C)C1CC1. The average Bonchev–Trinajstić information content (AvgIpc) is 3.15. The van der Waals surface area contributed by atoms with Gasteiger partial charge in [-0.25, -0.2) is 4.39 Å². The van der Waals surface area contributed by atoms with Crippen LogP contribution in [-0.2, 0) is 0 Å². The molecule has 0 bridgehead atoms. The predicted octanol–water partition coefficient (Wildman–Crippen LogP) is 3.18. The van der Waals surface area contributed by atoms with Gasteiger partial charge in [0.05, 0.1) is 11.3 Å². The van der Waals surface area contributed by atoms with E-state index in [9.17, 15) is 9.18 Å². The molecule has 1 aromatic rings. The van der Waals surface area contributed by atoms with Crippen LogP contribution in [0.2, 0.25) is 0 Å².